The summed E-state index contributed by atoms with van der Waals surface area (Å²) in [5, 5.41) is 2.83. The predicted molar refractivity (Wildman–Crippen MR) is 78.7 cm³/mol. The molecular weight excluding hydrogens is 280 g/mol. The number of hydrogen-bond donors (Lipinski definition) is 1. The highest BCUT2D eigenvalue weighted by Gasteiger charge is 2.12. The molecule has 0 aliphatic heterocycles. The molecule has 1 aromatic heterocycles. The van der Waals surface area contributed by atoms with Crippen molar-refractivity contribution in [3.05, 3.63) is 11.1 Å². The first-order chi connectivity index (χ1) is 9.19. The van der Waals surface area contributed by atoms with Gasteiger partial charge in [-0.3, -0.25) is 9.00 Å². The van der Waals surface area contributed by atoms with Gasteiger partial charge < -0.3 is 5.32 Å². The van der Waals surface area contributed by atoms with E-state index in [9.17, 15) is 9.00 Å². The van der Waals surface area contributed by atoms with E-state index in [0.29, 0.717) is 21.5 Å². The predicted octanol–water partition coefficient (Wildman–Crippen LogP) is 2.19. The standard InChI is InChI=1S/C13H18N2O2S2/c1-3-5-6-7-8-9-14-12(16)11-10-15-13(18-11)19(17)4-2/h10H,4,6-9H2,1-2H3,(H,14,16). The van der Waals surface area contributed by atoms with E-state index < -0.39 is 10.8 Å². The molecule has 1 N–H and O–H groups in total. The second-order valence-electron chi connectivity index (χ2n) is 3.76. The Hall–Kier alpha value is -1.19. The molecule has 1 rings (SSSR count). The Morgan fingerprint density at radius 1 is 1.53 bits per heavy atom. The molecule has 6 heteroatoms. The van der Waals surface area contributed by atoms with Gasteiger partial charge >= 0.3 is 0 Å². The zero-order valence-electron chi connectivity index (χ0n) is 11.2. The number of rotatable bonds is 7. The molecule has 1 heterocycles. The minimum Gasteiger partial charge on any atom is -0.351 e. The highest BCUT2D eigenvalue weighted by atomic mass is 32.2. The number of hydrogen-bond acceptors (Lipinski definition) is 4. The number of amides is 1. The number of unbranched alkanes of at least 4 members (excludes halogenated alkanes) is 2. The molecule has 0 spiro atoms. The molecule has 0 radical (unpaired) electrons. The number of carbonyl (C=O) groups is 1. The second-order valence-corrected chi connectivity index (χ2v) is 6.71. The summed E-state index contributed by atoms with van der Waals surface area (Å²) in [5.74, 6) is 6.21. The van der Waals surface area contributed by atoms with Crippen LogP contribution in [0.4, 0.5) is 0 Å². The van der Waals surface area contributed by atoms with Crippen molar-refractivity contribution in [2.24, 2.45) is 0 Å². The normalized spacial score (nSPS) is 11.5. The maximum absolute atomic E-state index is 11.8. The molecule has 0 bridgehead atoms. The lowest BCUT2D eigenvalue weighted by Gasteiger charge is -2.01. The van der Waals surface area contributed by atoms with Gasteiger partial charge in [0.25, 0.3) is 5.91 Å². The molecule has 1 aromatic rings. The van der Waals surface area contributed by atoms with E-state index in [-0.39, 0.29) is 5.91 Å². The summed E-state index contributed by atoms with van der Waals surface area (Å²) in [5.41, 5.74) is 0. The summed E-state index contributed by atoms with van der Waals surface area (Å²) >= 11 is 1.20. The molecule has 0 aliphatic rings. The third-order valence-corrected chi connectivity index (χ3v) is 4.97. The van der Waals surface area contributed by atoms with E-state index in [0.717, 1.165) is 19.3 Å². The molecule has 4 nitrogen and oxygen atoms in total. The molecule has 0 saturated carbocycles. The first kappa shape index (κ1) is 15.9. The lowest BCUT2D eigenvalue weighted by molar-refractivity contribution is 0.0957. The average molecular weight is 298 g/mol. The maximum atomic E-state index is 11.8. The van der Waals surface area contributed by atoms with E-state index in [2.05, 4.69) is 22.1 Å². The molecule has 1 amide bonds. The minimum atomic E-state index is -1.09. The van der Waals surface area contributed by atoms with Gasteiger partial charge in [0, 0.05) is 18.7 Å². The summed E-state index contributed by atoms with van der Waals surface area (Å²) in [6, 6.07) is 0. The fourth-order valence-corrected chi connectivity index (χ4v) is 3.32. The molecular formula is C13H18N2O2S2. The Balaban J connectivity index is 2.34. The van der Waals surface area contributed by atoms with Crippen molar-refractivity contribution in [3.8, 4) is 11.8 Å². The number of nitrogens with one attached hydrogen (secondary N) is 1. The summed E-state index contributed by atoms with van der Waals surface area (Å²) < 4.78 is 12.0. The van der Waals surface area contributed by atoms with E-state index in [1.54, 1.807) is 0 Å². The Bertz CT molecular complexity index is 500. The van der Waals surface area contributed by atoms with E-state index >= 15 is 0 Å². The highest BCUT2D eigenvalue weighted by molar-refractivity contribution is 7.87. The van der Waals surface area contributed by atoms with Gasteiger partial charge in [-0.2, -0.15) is 0 Å². The summed E-state index contributed by atoms with van der Waals surface area (Å²) in [7, 11) is -1.09. The Labute approximate surface area is 120 Å². The van der Waals surface area contributed by atoms with Gasteiger partial charge in [0.05, 0.1) is 17.0 Å². The smallest absolute Gasteiger partial charge is 0.263 e. The summed E-state index contributed by atoms with van der Waals surface area (Å²) in [6.45, 7) is 4.29. The van der Waals surface area contributed by atoms with Gasteiger partial charge in [-0.25, -0.2) is 4.98 Å². The maximum Gasteiger partial charge on any atom is 0.263 e. The summed E-state index contributed by atoms with van der Waals surface area (Å²) in [4.78, 5) is 16.3. The molecule has 0 aliphatic carbocycles. The molecule has 0 fully saturated rings. The Morgan fingerprint density at radius 2 is 2.32 bits per heavy atom. The van der Waals surface area contributed by atoms with Crippen LogP contribution in [0.2, 0.25) is 0 Å². The number of thiazole rings is 1. The minimum absolute atomic E-state index is 0.140. The van der Waals surface area contributed by atoms with Gasteiger partial charge in [0.2, 0.25) is 0 Å². The lowest BCUT2D eigenvalue weighted by Crippen LogP contribution is -2.23. The van der Waals surface area contributed by atoms with Gasteiger partial charge in [0.1, 0.15) is 4.88 Å². The van der Waals surface area contributed by atoms with Crippen molar-refractivity contribution < 1.29 is 9.00 Å². The fourth-order valence-electron chi connectivity index (χ4n) is 1.34. The van der Waals surface area contributed by atoms with Crippen LogP contribution in [-0.4, -0.2) is 27.4 Å². The van der Waals surface area contributed by atoms with Crippen LogP contribution < -0.4 is 5.32 Å². The van der Waals surface area contributed by atoms with Crippen LogP contribution in [0.25, 0.3) is 0 Å². The van der Waals surface area contributed by atoms with E-state index in [4.69, 9.17) is 0 Å². The lowest BCUT2D eigenvalue weighted by atomic mass is 10.2. The fraction of sp³-hybridized carbons (Fsp3) is 0.538. The largest absolute Gasteiger partial charge is 0.351 e. The van der Waals surface area contributed by atoms with Crippen LogP contribution >= 0.6 is 11.3 Å². The number of carbonyl (C=O) groups excluding carboxylic acids is 1. The molecule has 0 aromatic carbocycles. The van der Waals surface area contributed by atoms with Crippen molar-refractivity contribution in [1.82, 2.24) is 10.3 Å². The van der Waals surface area contributed by atoms with Crippen LogP contribution in [-0.2, 0) is 10.8 Å². The monoisotopic (exact) mass is 298 g/mol. The van der Waals surface area contributed by atoms with Crippen molar-refractivity contribution >= 4 is 28.0 Å². The third-order valence-electron chi connectivity index (χ3n) is 2.36. The quantitative estimate of drug-likeness (QED) is 0.620. The number of nitrogens with zero attached hydrogens (tertiary/aromatic N) is 1. The highest BCUT2D eigenvalue weighted by Crippen LogP contribution is 2.16. The molecule has 1 atom stereocenters. The first-order valence-corrected chi connectivity index (χ1v) is 8.34. The van der Waals surface area contributed by atoms with Crippen molar-refractivity contribution in [3.63, 3.8) is 0 Å². The molecule has 0 saturated heterocycles. The molecule has 104 valence electrons. The Morgan fingerprint density at radius 3 is 3.00 bits per heavy atom. The van der Waals surface area contributed by atoms with Crippen LogP contribution in [0.1, 0.15) is 42.8 Å². The zero-order valence-corrected chi connectivity index (χ0v) is 12.8. The van der Waals surface area contributed by atoms with Crippen LogP contribution in [0.5, 0.6) is 0 Å². The van der Waals surface area contributed by atoms with E-state index in [1.165, 1.54) is 17.5 Å². The third kappa shape index (κ3) is 5.53. The van der Waals surface area contributed by atoms with Crippen molar-refractivity contribution in [2.45, 2.75) is 37.4 Å². The Kier molecular flexibility index (Phi) is 7.38. The first-order valence-electron chi connectivity index (χ1n) is 6.21. The van der Waals surface area contributed by atoms with Crippen LogP contribution in [0.3, 0.4) is 0 Å². The topological polar surface area (TPSA) is 59.1 Å². The van der Waals surface area contributed by atoms with Gasteiger partial charge in [0.15, 0.2) is 4.34 Å². The summed E-state index contributed by atoms with van der Waals surface area (Å²) in [6.07, 6.45) is 4.25. The zero-order chi connectivity index (χ0) is 14.1. The number of aromatic nitrogens is 1. The van der Waals surface area contributed by atoms with E-state index in [1.807, 2.05) is 13.8 Å². The second kappa shape index (κ2) is 8.83. The van der Waals surface area contributed by atoms with Gasteiger partial charge in [-0.15, -0.1) is 23.2 Å². The van der Waals surface area contributed by atoms with Crippen LogP contribution in [0, 0.1) is 11.8 Å². The van der Waals surface area contributed by atoms with Gasteiger partial charge in [-0.1, -0.05) is 6.92 Å². The van der Waals surface area contributed by atoms with Crippen molar-refractivity contribution in [1.29, 1.82) is 0 Å². The SMILES string of the molecule is CC#CCCCCNC(=O)c1cnc(S(=O)CC)s1. The van der Waals surface area contributed by atoms with Crippen molar-refractivity contribution in [2.75, 3.05) is 12.3 Å². The average Bonchev–Trinajstić information content (AvgIpc) is 2.91. The van der Waals surface area contributed by atoms with Crippen LogP contribution in [0.15, 0.2) is 10.5 Å². The van der Waals surface area contributed by atoms with Gasteiger partial charge in [-0.05, 0) is 19.8 Å². The molecule has 1 unspecified atom stereocenters. The molecule has 19 heavy (non-hydrogen) atoms.